The number of halogens is 1. The Bertz CT molecular complexity index is 379. The first-order valence-electron chi connectivity index (χ1n) is 5.75. The predicted molar refractivity (Wildman–Crippen MR) is 71.3 cm³/mol. The van der Waals surface area contributed by atoms with Crippen molar-refractivity contribution in [1.29, 1.82) is 0 Å². The second kappa shape index (κ2) is 6.77. The lowest BCUT2D eigenvalue weighted by atomic mass is 10.2. The van der Waals surface area contributed by atoms with Gasteiger partial charge in [-0.2, -0.15) is 0 Å². The maximum Gasteiger partial charge on any atom is 0.338 e. The van der Waals surface area contributed by atoms with Crippen LogP contribution in [0.5, 0.6) is 0 Å². The zero-order valence-electron chi connectivity index (χ0n) is 10.5. The Kier molecular flexibility index (Phi) is 5.65. The van der Waals surface area contributed by atoms with Crippen LogP contribution in [0.3, 0.4) is 0 Å². The van der Waals surface area contributed by atoms with Crippen molar-refractivity contribution in [3.8, 4) is 0 Å². The van der Waals surface area contributed by atoms with Crippen LogP contribution in [-0.4, -0.2) is 32.2 Å². The van der Waals surface area contributed by atoms with Gasteiger partial charge >= 0.3 is 5.97 Å². The van der Waals surface area contributed by atoms with Crippen LogP contribution in [0, 0.1) is 0 Å². The average molecular weight is 301 g/mol. The van der Waals surface area contributed by atoms with E-state index in [1.54, 1.807) is 12.1 Å². The second-order valence-electron chi connectivity index (χ2n) is 4.40. The number of likely N-dealkylation sites (N-methyl/N-ethyl adjacent to an activating group) is 1. The van der Waals surface area contributed by atoms with Crippen molar-refractivity contribution in [3.05, 3.63) is 34.3 Å². The standard InChI is InChI=1S/C13H18BrNO2/c1-10(2)15(3)7-8-17-13(16)11-5-4-6-12(14)9-11/h4-6,9-10H,7-8H2,1-3H3/p+1. The van der Waals surface area contributed by atoms with Gasteiger partial charge in [-0.05, 0) is 32.0 Å². The Balaban J connectivity index is 2.40. The number of ether oxygens (including phenoxy) is 1. The van der Waals surface area contributed by atoms with Gasteiger partial charge in [0, 0.05) is 4.47 Å². The molecule has 1 rings (SSSR count). The molecule has 1 atom stereocenters. The molecule has 0 spiro atoms. The normalized spacial score (nSPS) is 12.5. The molecule has 0 aliphatic carbocycles. The molecule has 4 heteroatoms. The Morgan fingerprint density at radius 2 is 2.18 bits per heavy atom. The first-order valence-corrected chi connectivity index (χ1v) is 6.55. The van der Waals surface area contributed by atoms with Crippen LogP contribution >= 0.6 is 15.9 Å². The van der Waals surface area contributed by atoms with E-state index in [2.05, 4.69) is 36.8 Å². The fourth-order valence-electron chi connectivity index (χ4n) is 1.29. The number of hydrogen-bond donors (Lipinski definition) is 1. The number of hydrogen-bond acceptors (Lipinski definition) is 2. The third-order valence-electron chi connectivity index (χ3n) is 2.78. The van der Waals surface area contributed by atoms with Gasteiger partial charge in [0.25, 0.3) is 0 Å². The third-order valence-corrected chi connectivity index (χ3v) is 3.27. The first-order chi connectivity index (χ1) is 8.00. The van der Waals surface area contributed by atoms with Crippen molar-refractivity contribution < 1.29 is 14.4 Å². The van der Waals surface area contributed by atoms with E-state index in [1.807, 2.05) is 12.1 Å². The van der Waals surface area contributed by atoms with Gasteiger partial charge in [-0.1, -0.05) is 22.0 Å². The molecule has 0 amide bonds. The third kappa shape index (κ3) is 4.88. The van der Waals surface area contributed by atoms with Gasteiger partial charge in [0.05, 0.1) is 18.7 Å². The molecule has 94 valence electrons. The molecule has 1 aromatic carbocycles. The molecule has 3 nitrogen and oxygen atoms in total. The number of quaternary nitrogens is 1. The van der Waals surface area contributed by atoms with Gasteiger partial charge < -0.3 is 9.64 Å². The van der Waals surface area contributed by atoms with E-state index >= 15 is 0 Å². The minimum atomic E-state index is -0.261. The van der Waals surface area contributed by atoms with Crippen molar-refractivity contribution in [3.63, 3.8) is 0 Å². The Labute approximate surface area is 111 Å². The van der Waals surface area contributed by atoms with E-state index in [0.29, 0.717) is 18.2 Å². The maximum atomic E-state index is 11.7. The minimum Gasteiger partial charge on any atom is -0.456 e. The molecule has 0 aliphatic heterocycles. The molecular weight excluding hydrogens is 282 g/mol. The van der Waals surface area contributed by atoms with Gasteiger partial charge in [-0.25, -0.2) is 4.79 Å². The Morgan fingerprint density at radius 1 is 1.47 bits per heavy atom. The lowest BCUT2D eigenvalue weighted by molar-refractivity contribution is -0.901. The quantitative estimate of drug-likeness (QED) is 0.836. The molecular formula is C13H19BrNO2+. The summed E-state index contributed by atoms with van der Waals surface area (Å²) in [5.41, 5.74) is 0.585. The maximum absolute atomic E-state index is 11.7. The summed E-state index contributed by atoms with van der Waals surface area (Å²) in [5, 5.41) is 0. The van der Waals surface area contributed by atoms with Crippen LogP contribution in [-0.2, 0) is 4.74 Å². The number of esters is 1. The number of rotatable bonds is 5. The van der Waals surface area contributed by atoms with Crippen LogP contribution in [0.15, 0.2) is 28.7 Å². The lowest BCUT2D eigenvalue weighted by Gasteiger charge is -2.17. The van der Waals surface area contributed by atoms with E-state index in [-0.39, 0.29) is 5.97 Å². The van der Waals surface area contributed by atoms with Crippen molar-refractivity contribution in [2.75, 3.05) is 20.2 Å². The highest BCUT2D eigenvalue weighted by molar-refractivity contribution is 9.10. The molecule has 0 heterocycles. The minimum absolute atomic E-state index is 0.261. The molecule has 0 aromatic heterocycles. The van der Waals surface area contributed by atoms with Crippen molar-refractivity contribution in [2.24, 2.45) is 0 Å². The number of carbonyl (C=O) groups is 1. The van der Waals surface area contributed by atoms with Crippen LogP contribution in [0.2, 0.25) is 0 Å². The van der Waals surface area contributed by atoms with E-state index in [9.17, 15) is 4.79 Å². The van der Waals surface area contributed by atoms with Crippen molar-refractivity contribution in [1.82, 2.24) is 0 Å². The van der Waals surface area contributed by atoms with Crippen LogP contribution in [0.25, 0.3) is 0 Å². The number of carbonyl (C=O) groups excluding carboxylic acids is 1. The molecule has 1 aromatic rings. The van der Waals surface area contributed by atoms with Gasteiger partial charge in [0.2, 0.25) is 0 Å². The van der Waals surface area contributed by atoms with Crippen LogP contribution < -0.4 is 4.90 Å². The van der Waals surface area contributed by atoms with E-state index in [0.717, 1.165) is 11.0 Å². The predicted octanol–water partition coefficient (Wildman–Crippen LogP) is 1.53. The zero-order valence-corrected chi connectivity index (χ0v) is 12.1. The molecule has 0 fully saturated rings. The molecule has 0 saturated carbocycles. The van der Waals surface area contributed by atoms with Crippen LogP contribution in [0.4, 0.5) is 0 Å². The molecule has 0 saturated heterocycles. The van der Waals surface area contributed by atoms with E-state index in [4.69, 9.17) is 4.74 Å². The summed E-state index contributed by atoms with van der Waals surface area (Å²) < 4.78 is 6.11. The van der Waals surface area contributed by atoms with Gasteiger partial charge in [-0.15, -0.1) is 0 Å². The summed E-state index contributed by atoms with van der Waals surface area (Å²) in [6.07, 6.45) is 0. The first kappa shape index (κ1) is 14.2. The van der Waals surface area contributed by atoms with E-state index < -0.39 is 0 Å². The molecule has 1 N–H and O–H groups in total. The second-order valence-corrected chi connectivity index (χ2v) is 5.31. The average Bonchev–Trinajstić information content (AvgIpc) is 2.28. The van der Waals surface area contributed by atoms with Gasteiger partial charge in [0.1, 0.15) is 13.2 Å². The summed E-state index contributed by atoms with van der Waals surface area (Å²) in [5.74, 6) is -0.261. The monoisotopic (exact) mass is 300 g/mol. The SMILES string of the molecule is CC(C)[NH+](C)CCOC(=O)c1cccc(Br)c1. The summed E-state index contributed by atoms with van der Waals surface area (Å²) in [6, 6.07) is 7.77. The molecule has 0 aliphatic rings. The molecule has 0 bridgehead atoms. The summed E-state index contributed by atoms with van der Waals surface area (Å²) >= 11 is 3.33. The largest absolute Gasteiger partial charge is 0.456 e. The van der Waals surface area contributed by atoms with Gasteiger partial charge in [-0.3, -0.25) is 0 Å². The highest BCUT2D eigenvalue weighted by Gasteiger charge is 2.10. The summed E-state index contributed by atoms with van der Waals surface area (Å²) in [4.78, 5) is 13.0. The molecule has 17 heavy (non-hydrogen) atoms. The number of benzene rings is 1. The topological polar surface area (TPSA) is 30.7 Å². The highest BCUT2D eigenvalue weighted by Crippen LogP contribution is 2.12. The Hall–Kier alpha value is -0.870. The van der Waals surface area contributed by atoms with E-state index in [1.165, 1.54) is 4.90 Å². The van der Waals surface area contributed by atoms with Gasteiger partial charge in [0.15, 0.2) is 0 Å². The summed E-state index contributed by atoms with van der Waals surface area (Å²) in [6.45, 7) is 5.57. The van der Waals surface area contributed by atoms with Crippen molar-refractivity contribution >= 4 is 21.9 Å². The fraction of sp³-hybridized carbons (Fsp3) is 0.462. The van der Waals surface area contributed by atoms with Crippen molar-refractivity contribution in [2.45, 2.75) is 19.9 Å². The highest BCUT2D eigenvalue weighted by atomic mass is 79.9. The van der Waals surface area contributed by atoms with Crippen LogP contribution in [0.1, 0.15) is 24.2 Å². The lowest BCUT2D eigenvalue weighted by Crippen LogP contribution is -3.12. The fourth-order valence-corrected chi connectivity index (χ4v) is 1.69. The molecule has 1 unspecified atom stereocenters. The Morgan fingerprint density at radius 3 is 2.76 bits per heavy atom. The number of nitrogens with one attached hydrogen (secondary N) is 1. The smallest absolute Gasteiger partial charge is 0.338 e. The molecule has 0 radical (unpaired) electrons. The summed E-state index contributed by atoms with van der Waals surface area (Å²) in [7, 11) is 2.09. The zero-order chi connectivity index (χ0) is 12.8.